The number of carbonyl (C=O) groups excluding carboxylic acids is 1. The van der Waals surface area contributed by atoms with Crippen molar-refractivity contribution in [2.75, 3.05) is 6.54 Å². The molecular weight excluding hydrogens is 292 g/mol. The monoisotopic (exact) mass is 314 g/mol. The van der Waals surface area contributed by atoms with Gasteiger partial charge >= 0.3 is 0 Å². The average molecular weight is 315 g/mol. The van der Waals surface area contributed by atoms with Gasteiger partial charge in [0.15, 0.2) is 0 Å². The van der Waals surface area contributed by atoms with Crippen LogP contribution in [-0.2, 0) is 12.8 Å². The fraction of sp³-hybridized carbons (Fsp3) is 0.667. The predicted octanol–water partition coefficient (Wildman–Crippen LogP) is 2.91. The number of thiophene rings is 1. The maximum Gasteiger partial charge on any atom is 0.261 e. The third-order valence-corrected chi connectivity index (χ3v) is 5.73. The normalized spacial score (nSPS) is 24.9. The van der Waals surface area contributed by atoms with Crippen LogP contribution in [0.3, 0.4) is 0 Å². The van der Waals surface area contributed by atoms with Crippen molar-refractivity contribution in [2.45, 2.75) is 51.0 Å². The van der Waals surface area contributed by atoms with E-state index in [4.69, 9.17) is 5.73 Å². The summed E-state index contributed by atoms with van der Waals surface area (Å²) in [5, 5.41) is 3.22. The lowest BCUT2D eigenvalue weighted by Gasteiger charge is -2.31. The summed E-state index contributed by atoms with van der Waals surface area (Å²) in [6.45, 7) is 0.686. The summed E-state index contributed by atoms with van der Waals surface area (Å²) < 4.78 is 0. The van der Waals surface area contributed by atoms with Crippen molar-refractivity contribution in [3.05, 3.63) is 21.4 Å². The Kier molecular flexibility index (Phi) is 5.47. The first-order valence-corrected chi connectivity index (χ1v) is 8.22. The molecule has 0 bridgehead atoms. The molecule has 3 nitrogen and oxygen atoms in total. The molecule has 112 valence electrons. The molecule has 1 aromatic rings. The molecule has 2 unspecified atom stereocenters. The van der Waals surface area contributed by atoms with Gasteiger partial charge in [0.05, 0.1) is 4.88 Å². The van der Waals surface area contributed by atoms with Crippen molar-refractivity contribution in [3.8, 4) is 0 Å². The summed E-state index contributed by atoms with van der Waals surface area (Å²) in [5.41, 5.74) is 7.22. The zero-order valence-electron chi connectivity index (χ0n) is 11.7. The van der Waals surface area contributed by atoms with E-state index in [1.165, 1.54) is 29.7 Å². The van der Waals surface area contributed by atoms with Crippen molar-refractivity contribution in [1.82, 2.24) is 5.32 Å². The van der Waals surface area contributed by atoms with Gasteiger partial charge in [-0.2, -0.15) is 0 Å². The van der Waals surface area contributed by atoms with Crippen molar-refractivity contribution in [1.29, 1.82) is 0 Å². The first kappa shape index (κ1) is 15.8. The van der Waals surface area contributed by atoms with E-state index in [1.807, 2.05) is 0 Å². The van der Waals surface area contributed by atoms with Crippen LogP contribution < -0.4 is 11.1 Å². The fourth-order valence-corrected chi connectivity index (χ4v) is 4.52. The van der Waals surface area contributed by atoms with E-state index in [9.17, 15) is 4.79 Å². The number of hydrogen-bond donors (Lipinski definition) is 2. The minimum atomic E-state index is 0. The molecule has 1 aromatic heterocycles. The van der Waals surface area contributed by atoms with Gasteiger partial charge in [-0.15, -0.1) is 23.7 Å². The zero-order chi connectivity index (χ0) is 13.2. The summed E-state index contributed by atoms with van der Waals surface area (Å²) in [6, 6.07) is 2.38. The van der Waals surface area contributed by atoms with Gasteiger partial charge < -0.3 is 11.1 Å². The van der Waals surface area contributed by atoms with Crippen LogP contribution in [0.1, 0.15) is 52.2 Å². The third kappa shape index (κ3) is 3.18. The van der Waals surface area contributed by atoms with Crippen LogP contribution in [0.4, 0.5) is 0 Å². The highest BCUT2D eigenvalue weighted by molar-refractivity contribution is 7.14. The van der Waals surface area contributed by atoms with Gasteiger partial charge in [0.1, 0.15) is 0 Å². The Morgan fingerprint density at radius 1 is 1.30 bits per heavy atom. The lowest BCUT2D eigenvalue weighted by atomic mass is 9.84. The summed E-state index contributed by atoms with van der Waals surface area (Å²) in [7, 11) is 0. The van der Waals surface area contributed by atoms with Crippen molar-refractivity contribution >= 4 is 29.7 Å². The van der Waals surface area contributed by atoms with Crippen molar-refractivity contribution < 1.29 is 4.79 Å². The van der Waals surface area contributed by atoms with Gasteiger partial charge in [-0.05, 0) is 56.2 Å². The Morgan fingerprint density at radius 2 is 2.10 bits per heavy atom. The number of rotatable bonds is 3. The summed E-state index contributed by atoms with van der Waals surface area (Å²) in [4.78, 5) is 14.7. The smallest absolute Gasteiger partial charge is 0.261 e. The van der Waals surface area contributed by atoms with Gasteiger partial charge in [0.2, 0.25) is 0 Å². The van der Waals surface area contributed by atoms with Gasteiger partial charge in [0.25, 0.3) is 5.91 Å². The van der Waals surface area contributed by atoms with E-state index in [1.54, 1.807) is 11.3 Å². The molecule has 2 atom stereocenters. The molecule has 0 radical (unpaired) electrons. The number of hydrogen-bond acceptors (Lipinski definition) is 3. The molecule has 1 saturated carbocycles. The molecule has 0 saturated heterocycles. The predicted molar refractivity (Wildman–Crippen MR) is 85.9 cm³/mol. The number of amides is 1. The lowest BCUT2D eigenvalue weighted by Crippen LogP contribution is -2.44. The van der Waals surface area contributed by atoms with E-state index in [2.05, 4.69) is 11.4 Å². The molecule has 2 aliphatic carbocycles. The Balaban J connectivity index is 0.00000147. The maximum atomic E-state index is 12.3. The number of nitrogens with two attached hydrogens (primary N) is 1. The van der Waals surface area contributed by atoms with E-state index in [0.29, 0.717) is 12.5 Å². The summed E-state index contributed by atoms with van der Waals surface area (Å²) >= 11 is 1.68. The quantitative estimate of drug-likeness (QED) is 0.901. The highest BCUT2D eigenvalue weighted by Crippen LogP contribution is 2.31. The molecule has 1 fully saturated rings. The summed E-state index contributed by atoms with van der Waals surface area (Å²) in [5.74, 6) is 0.578. The van der Waals surface area contributed by atoms with E-state index in [-0.39, 0.29) is 24.4 Å². The largest absolute Gasteiger partial charge is 0.348 e. The molecule has 1 heterocycles. The molecule has 0 aliphatic heterocycles. The fourth-order valence-electron chi connectivity index (χ4n) is 3.36. The van der Waals surface area contributed by atoms with Crippen molar-refractivity contribution in [3.63, 3.8) is 0 Å². The minimum absolute atomic E-state index is 0. The van der Waals surface area contributed by atoms with E-state index >= 15 is 0 Å². The summed E-state index contributed by atoms with van der Waals surface area (Å²) in [6.07, 6.45) is 8.25. The number of carbonyl (C=O) groups is 1. The molecule has 1 amide bonds. The highest BCUT2D eigenvalue weighted by atomic mass is 35.5. The number of halogens is 1. The van der Waals surface area contributed by atoms with Crippen LogP contribution in [0.25, 0.3) is 0 Å². The Bertz CT molecular complexity index is 453. The first-order valence-electron chi connectivity index (χ1n) is 7.40. The molecule has 0 spiro atoms. The zero-order valence-corrected chi connectivity index (χ0v) is 13.3. The van der Waals surface area contributed by atoms with Crippen LogP contribution in [0.15, 0.2) is 6.07 Å². The Morgan fingerprint density at radius 3 is 2.85 bits per heavy atom. The standard InChI is InChI=1S/C15H22N2OS.ClH/c16-9-11-4-1-2-6-12(11)17-15(18)14-8-10-5-3-7-13(10)19-14;/h8,11-12H,1-7,9,16H2,(H,17,18);1H. The van der Waals surface area contributed by atoms with E-state index in [0.717, 1.165) is 30.6 Å². The molecule has 20 heavy (non-hydrogen) atoms. The van der Waals surface area contributed by atoms with Gasteiger partial charge in [-0.25, -0.2) is 0 Å². The van der Waals surface area contributed by atoms with Crippen LogP contribution in [0.2, 0.25) is 0 Å². The van der Waals surface area contributed by atoms with E-state index < -0.39 is 0 Å². The molecule has 5 heteroatoms. The minimum Gasteiger partial charge on any atom is -0.348 e. The van der Waals surface area contributed by atoms with Gasteiger partial charge in [0, 0.05) is 10.9 Å². The number of nitrogens with one attached hydrogen (secondary N) is 1. The third-order valence-electron chi connectivity index (χ3n) is 4.50. The molecule has 0 aromatic carbocycles. The van der Waals surface area contributed by atoms with Gasteiger partial charge in [-0.3, -0.25) is 4.79 Å². The molecule has 2 aliphatic rings. The van der Waals surface area contributed by atoms with Crippen molar-refractivity contribution in [2.24, 2.45) is 11.7 Å². The maximum absolute atomic E-state index is 12.3. The molecule has 3 rings (SSSR count). The SMILES string of the molecule is Cl.NCC1CCCCC1NC(=O)c1cc2c(s1)CCC2. The van der Waals surface area contributed by atoms with Crippen LogP contribution in [0.5, 0.6) is 0 Å². The number of fused-ring (bicyclic) bond motifs is 1. The average Bonchev–Trinajstić information content (AvgIpc) is 3.00. The second kappa shape index (κ2) is 6.92. The highest BCUT2D eigenvalue weighted by Gasteiger charge is 2.27. The Labute approximate surface area is 130 Å². The molecule has 3 N–H and O–H groups in total. The second-order valence-electron chi connectivity index (χ2n) is 5.77. The lowest BCUT2D eigenvalue weighted by molar-refractivity contribution is 0.0912. The van der Waals surface area contributed by atoms with Crippen LogP contribution >= 0.6 is 23.7 Å². The topological polar surface area (TPSA) is 55.1 Å². The Hall–Kier alpha value is -0.580. The second-order valence-corrected chi connectivity index (χ2v) is 6.91. The van der Waals surface area contributed by atoms with Crippen LogP contribution in [0, 0.1) is 5.92 Å². The van der Waals surface area contributed by atoms with Gasteiger partial charge in [-0.1, -0.05) is 12.8 Å². The molecular formula is C15H23ClN2OS. The first-order chi connectivity index (χ1) is 9.28. The van der Waals surface area contributed by atoms with Crippen LogP contribution in [-0.4, -0.2) is 18.5 Å². The number of aryl methyl sites for hydroxylation is 2.